The molecule has 168 valence electrons. The Kier molecular flexibility index (Phi) is 5.90. The Bertz CT molecular complexity index is 957. The third-order valence-electron chi connectivity index (χ3n) is 7.88. The van der Waals surface area contributed by atoms with Gasteiger partial charge in [-0.05, 0) is 54.7 Å². The van der Waals surface area contributed by atoms with Crippen molar-refractivity contribution in [2.75, 3.05) is 13.1 Å². The second kappa shape index (κ2) is 8.82. The highest BCUT2D eigenvalue weighted by Crippen LogP contribution is 2.54. The Hall–Kier alpha value is -2.46. The zero-order valence-electron chi connectivity index (χ0n) is 19.3. The summed E-state index contributed by atoms with van der Waals surface area (Å²) in [5, 5.41) is 3.28. The van der Waals surface area contributed by atoms with Crippen LogP contribution in [0.2, 0.25) is 0 Å². The van der Waals surface area contributed by atoms with Gasteiger partial charge in [0.05, 0.1) is 0 Å². The molecular weight excluding hydrogens is 394 g/mol. The highest BCUT2D eigenvalue weighted by molar-refractivity contribution is 5.92. The second-order valence-corrected chi connectivity index (χ2v) is 10.3. The molecule has 2 aromatic rings. The topological polar surface area (TPSA) is 44.7 Å². The van der Waals surface area contributed by atoms with Crippen LogP contribution in [0, 0.1) is 23.7 Å². The van der Waals surface area contributed by atoms with E-state index in [1.807, 2.05) is 18.2 Å². The fourth-order valence-electron chi connectivity index (χ4n) is 6.32. The van der Waals surface area contributed by atoms with Crippen molar-refractivity contribution in [3.05, 3.63) is 71.8 Å². The molecule has 4 heteroatoms. The van der Waals surface area contributed by atoms with Gasteiger partial charge < -0.3 is 5.32 Å². The van der Waals surface area contributed by atoms with Gasteiger partial charge in [-0.15, -0.1) is 0 Å². The Labute approximate surface area is 192 Å². The first-order chi connectivity index (χ1) is 15.6. The molecule has 4 nitrogen and oxygen atoms in total. The van der Waals surface area contributed by atoms with Gasteiger partial charge in [0.25, 0.3) is 0 Å². The minimum Gasteiger partial charge on any atom is -0.350 e. The molecule has 0 spiro atoms. The second-order valence-electron chi connectivity index (χ2n) is 10.3. The summed E-state index contributed by atoms with van der Waals surface area (Å²) in [7, 11) is 0. The van der Waals surface area contributed by atoms with E-state index in [0.29, 0.717) is 30.2 Å². The molecule has 6 rings (SSSR count). The van der Waals surface area contributed by atoms with Gasteiger partial charge in [-0.25, -0.2) is 0 Å². The van der Waals surface area contributed by atoms with Gasteiger partial charge in [0.2, 0.25) is 5.91 Å². The summed E-state index contributed by atoms with van der Waals surface area (Å²) in [4.78, 5) is 21.5. The van der Waals surface area contributed by atoms with Gasteiger partial charge in [-0.1, -0.05) is 74.5 Å². The quantitative estimate of drug-likeness (QED) is 0.678. The van der Waals surface area contributed by atoms with Crippen LogP contribution < -0.4 is 5.32 Å². The van der Waals surface area contributed by atoms with Crippen LogP contribution in [0.3, 0.4) is 0 Å². The average Bonchev–Trinajstić information content (AvgIpc) is 3.08. The van der Waals surface area contributed by atoms with Crippen molar-refractivity contribution in [1.82, 2.24) is 10.2 Å². The number of nitrogens with one attached hydrogen (secondary N) is 1. The largest absolute Gasteiger partial charge is 0.350 e. The summed E-state index contributed by atoms with van der Waals surface area (Å²) in [6.45, 7) is 7.19. The Morgan fingerprint density at radius 1 is 1.09 bits per heavy atom. The number of carbonyl (C=O) groups excluding carboxylic acids is 1. The van der Waals surface area contributed by atoms with E-state index in [0.717, 1.165) is 37.9 Å². The molecule has 0 radical (unpaired) electrons. The minimum atomic E-state index is -0.639. The van der Waals surface area contributed by atoms with Crippen molar-refractivity contribution >= 4 is 12.1 Å². The van der Waals surface area contributed by atoms with Crippen LogP contribution in [0.4, 0.5) is 0 Å². The van der Waals surface area contributed by atoms with Crippen molar-refractivity contribution in [3.63, 3.8) is 0 Å². The molecule has 32 heavy (non-hydrogen) atoms. The highest BCUT2D eigenvalue weighted by atomic mass is 16.2. The predicted molar refractivity (Wildman–Crippen MR) is 130 cm³/mol. The molecule has 1 amide bonds. The number of hydrogen-bond donors (Lipinski definition) is 1. The number of hydrogen-bond acceptors (Lipinski definition) is 3. The van der Waals surface area contributed by atoms with Crippen LogP contribution in [0.15, 0.2) is 65.7 Å². The molecule has 1 N–H and O–H groups in total. The lowest BCUT2D eigenvalue weighted by Crippen LogP contribution is -2.66. The molecule has 1 saturated heterocycles. The zero-order valence-corrected chi connectivity index (χ0v) is 19.3. The summed E-state index contributed by atoms with van der Waals surface area (Å²) in [5.41, 5.74) is 1.86. The third kappa shape index (κ3) is 3.79. The molecule has 0 aromatic heterocycles. The van der Waals surface area contributed by atoms with E-state index in [1.165, 1.54) is 5.56 Å². The molecule has 5 atom stereocenters. The van der Waals surface area contributed by atoms with Crippen LogP contribution in [0.1, 0.15) is 37.8 Å². The normalized spacial score (nSPS) is 30.7. The molecule has 2 fully saturated rings. The molecule has 0 unspecified atom stereocenters. The fraction of sp³-hybridized carbons (Fsp3) is 0.500. The predicted octanol–water partition coefficient (Wildman–Crippen LogP) is 4.35. The Morgan fingerprint density at radius 3 is 2.47 bits per heavy atom. The number of carbonyl (C=O) groups is 1. The lowest BCUT2D eigenvalue weighted by molar-refractivity contribution is -0.131. The molecule has 2 aromatic carbocycles. The van der Waals surface area contributed by atoms with Gasteiger partial charge in [0.1, 0.15) is 0 Å². The highest BCUT2D eigenvalue weighted by Gasteiger charge is 2.67. The van der Waals surface area contributed by atoms with Crippen molar-refractivity contribution in [2.24, 2.45) is 28.7 Å². The van der Waals surface area contributed by atoms with Crippen LogP contribution in [-0.2, 0) is 17.8 Å². The lowest BCUT2D eigenvalue weighted by Gasteiger charge is -2.51. The van der Waals surface area contributed by atoms with E-state index in [4.69, 9.17) is 4.99 Å². The van der Waals surface area contributed by atoms with Crippen LogP contribution >= 0.6 is 0 Å². The van der Waals surface area contributed by atoms with E-state index >= 15 is 0 Å². The summed E-state index contributed by atoms with van der Waals surface area (Å²) >= 11 is 0. The first-order valence-electron chi connectivity index (χ1n) is 12.2. The summed E-state index contributed by atoms with van der Waals surface area (Å²) in [6, 6.07) is 21.2. The van der Waals surface area contributed by atoms with Crippen molar-refractivity contribution in [2.45, 2.75) is 51.2 Å². The smallest absolute Gasteiger partial charge is 0.250 e. The Morgan fingerprint density at radius 2 is 1.78 bits per heavy atom. The first-order valence-corrected chi connectivity index (χ1v) is 12.2. The molecular formula is C28H35N3O. The van der Waals surface area contributed by atoms with Crippen molar-refractivity contribution < 1.29 is 4.79 Å². The standard InChI is InChI=1S/C28H35N3O/c1-20(2)13-14-31-19-24-16-23-18-30-28(24,27(32)29-17-22-11-7-4-8-12-22)26(31)25(23)15-21-9-5-3-6-10-21/h3-12,18,20,23-26H,13-17,19H2,1-2H3,(H,29,32)/t23-,24-,25+,26-,28-/m0/s1. The van der Waals surface area contributed by atoms with Gasteiger partial charge in [0, 0.05) is 31.3 Å². The van der Waals surface area contributed by atoms with Gasteiger partial charge in [0.15, 0.2) is 5.54 Å². The number of nitrogens with zero attached hydrogens (tertiary/aromatic N) is 2. The van der Waals surface area contributed by atoms with E-state index in [9.17, 15) is 4.79 Å². The SMILES string of the molecule is CC(C)CCN1C[C@@H]2C[C@H]3C=N[C@]2(C(=O)NCc2ccccc2)[C@@H]1[C@@H]3Cc1ccccc1. The zero-order chi connectivity index (χ0) is 22.1. The van der Waals surface area contributed by atoms with Crippen molar-refractivity contribution in [3.8, 4) is 0 Å². The van der Waals surface area contributed by atoms with Crippen molar-refractivity contribution in [1.29, 1.82) is 0 Å². The molecule has 3 heterocycles. The summed E-state index contributed by atoms with van der Waals surface area (Å²) in [5.74, 6) is 2.00. The molecule has 3 aliphatic heterocycles. The van der Waals surface area contributed by atoms with E-state index < -0.39 is 5.54 Å². The van der Waals surface area contributed by atoms with E-state index in [-0.39, 0.29) is 11.9 Å². The lowest BCUT2D eigenvalue weighted by atomic mass is 9.59. The maximum atomic E-state index is 13.8. The van der Waals surface area contributed by atoms with Crippen LogP contribution in [0.5, 0.6) is 0 Å². The summed E-state index contributed by atoms with van der Waals surface area (Å²) in [6.07, 6.45) is 5.39. The number of benzene rings is 2. The first kappa shape index (κ1) is 21.4. The van der Waals surface area contributed by atoms with Crippen LogP contribution in [-0.4, -0.2) is 41.7 Å². The van der Waals surface area contributed by atoms with Gasteiger partial charge in [-0.2, -0.15) is 0 Å². The van der Waals surface area contributed by atoms with Crippen LogP contribution in [0.25, 0.3) is 0 Å². The number of aliphatic imine (C=N–C) groups is 1. The maximum Gasteiger partial charge on any atom is 0.250 e. The molecule has 1 aliphatic carbocycles. The molecule has 1 saturated carbocycles. The molecule has 4 bridgehead atoms. The van der Waals surface area contributed by atoms with Gasteiger partial charge in [-0.3, -0.25) is 14.7 Å². The van der Waals surface area contributed by atoms with Gasteiger partial charge >= 0.3 is 0 Å². The fourth-order valence-corrected chi connectivity index (χ4v) is 6.32. The average molecular weight is 430 g/mol. The monoisotopic (exact) mass is 429 g/mol. The van der Waals surface area contributed by atoms with E-state index in [1.54, 1.807) is 0 Å². The van der Waals surface area contributed by atoms with E-state index in [2.05, 4.69) is 72.7 Å². The molecule has 4 aliphatic rings. The maximum absolute atomic E-state index is 13.8. The number of rotatable bonds is 8. The number of likely N-dealkylation sites (tertiary alicyclic amines) is 1. The third-order valence-corrected chi connectivity index (χ3v) is 7.88. The number of amides is 1. The summed E-state index contributed by atoms with van der Waals surface area (Å²) < 4.78 is 0. The Balaban J connectivity index is 1.44. The minimum absolute atomic E-state index is 0.121.